The normalized spacial score (nSPS) is 20.7. The summed E-state index contributed by atoms with van der Waals surface area (Å²) >= 11 is 0. The van der Waals surface area contributed by atoms with Crippen molar-refractivity contribution in [1.29, 1.82) is 0 Å². The van der Waals surface area contributed by atoms with E-state index in [0.717, 1.165) is 51.6 Å². The smallest absolute Gasteiger partial charge is 0.475 e. The van der Waals surface area contributed by atoms with Crippen LogP contribution in [0.5, 0.6) is 0 Å². The van der Waals surface area contributed by atoms with Crippen molar-refractivity contribution in [2.75, 3.05) is 44.7 Å². The molecule has 140 valence electrons. The summed E-state index contributed by atoms with van der Waals surface area (Å²) in [5.41, 5.74) is 0.0178. The minimum atomic E-state index is -5.08. The number of likely N-dealkylation sites (tertiary alicyclic amines) is 1. The minimum absolute atomic E-state index is 0.0178. The molecule has 10 heteroatoms. The van der Waals surface area contributed by atoms with Gasteiger partial charge in [-0.3, -0.25) is 0 Å². The third-order valence-corrected chi connectivity index (χ3v) is 4.22. The quantitative estimate of drug-likeness (QED) is 0.809. The molecule has 1 N–H and O–H groups in total. The van der Waals surface area contributed by atoms with Crippen LogP contribution in [-0.2, 0) is 9.53 Å². The number of hydrogen-bond donors (Lipinski definition) is 1. The molecule has 0 atom stereocenters. The van der Waals surface area contributed by atoms with Crippen molar-refractivity contribution in [3.63, 3.8) is 0 Å². The second-order valence-electron chi connectivity index (χ2n) is 6.11. The van der Waals surface area contributed by atoms with E-state index in [0.29, 0.717) is 0 Å². The number of hydrogen-bond acceptors (Lipinski definition) is 6. The number of anilines is 1. The first-order chi connectivity index (χ1) is 11.7. The van der Waals surface area contributed by atoms with Crippen LogP contribution in [0.4, 0.5) is 19.1 Å². The van der Waals surface area contributed by atoms with Crippen LogP contribution in [0.1, 0.15) is 12.8 Å². The third kappa shape index (κ3) is 5.53. The maximum Gasteiger partial charge on any atom is 0.490 e. The second-order valence-corrected chi connectivity index (χ2v) is 6.11. The highest BCUT2D eigenvalue weighted by Crippen LogP contribution is 2.30. The predicted octanol–water partition coefficient (Wildman–Crippen LogP) is 1.41. The van der Waals surface area contributed by atoms with Crippen LogP contribution in [0.2, 0.25) is 0 Å². The Labute approximate surface area is 143 Å². The summed E-state index contributed by atoms with van der Waals surface area (Å²) in [7, 11) is 2.17. The lowest BCUT2D eigenvalue weighted by Crippen LogP contribution is -2.56. The highest BCUT2D eigenvalue weighted by atomic mass is 19.4. The van der Waals surface area contributed by atoms with E-state index in [1.807, 2.05) is 6.07 Å². The summed E-state index contributed by atoms with van der Waals surface area (Å²) < 4.78 is 37.8. The van der Waals surface area contributed by atoms with Crippen molar-refractivity contribution in [2.45, 2.75) is 24.6 Å². The molecule has 0 amide bonds. The standard InChI is InChI=1S/C13H20N4O.C2HF3O2/c1-16-7-3-13(4-8-16)11-17(9-10-18-13)12-14-5-2-6-15-12;3-2(4,5)1(6)7/h2,5-6H,3-4,7-11H2,1H3;(H,6,7). The zero-order valence-electron chi connectivity index (χ0n) is 13.9. The lowest BCUT2D eigenvalue weighted by molar-refractivity contribution is -0.192. The Balaban J connectivity index is 0.000000277. The van der Waals surface area contributed by atoms with E-state index < -0.39 is 12.1 Å². The Bertz CT molecular complexity index is 563. The zero-order valence-corrected chi connectivity index (χ0v) is 13.9. The summed E-state index contributed by atoms with van der Waals surface area (Å²) in [5, 5.41) is 7.12. The third-order valence-electron chi connectivity index (χ3n) is 4.22. The van der Waals surface area contributed by atoms with Gasteiger partial charge in [-0.2, -0.15) is 13.2 Å². The molecule has 0 bridgehead atoms. The summed E-state index contributed by atoms with van der Waals surface area (Å²) in [4.78, 5) is 22.2. The first-order valence-electron chi connectivity index (χ1n) is 7.86. The molecular weight excluding hydrogens is 341 g/mol. The first kappa shape index (κ1) is 19.4. The number of carboxylic acid groups (broad SMARTS) is 1. The maximum absolute atomic E-state index is 10.6. The Morgan fingerprint density at radius 1 is 1.24 bits per heavy atom. The van der Waals surface area contributed by atoms with Crippen LogP contribution in [0.3, 0.4) is 0 Å². The van der Waals surface area contributed by atoms with Gasteiger partial charge < -0.3 is 19.6 Å². The molecule has 2 fully saturated rings. The molecule has 3 heterocycles. The van der Waals surface area contributed by atoms with Gasteiger partial charge >= 0.3 is 12.1 Å². The van der Waals surface area contributed by atoms with Crippen molar-refractivity contribution in [3.8, 4) is 0 Å². The number of alkyl halides is 3. The highest BCUT2D eigenvalue weighted by Gasteiger charge is 2.39. The molecular formula is C15H21F3N4O3. The van der Waals surface area contributed by atoms with Crippen molar-refractivity contribution >= 4 is 11.9 Å². The average Bonchev–Trinajstić information content (AvgIpc) is 2.59. The lowest BCUT2D eigenvalue weighted by Gasteiger charge is -2.46. The summed E-state index contributed by atoms with van der Waals surface area (Å²) in [6, 6.07) is 1.86. The number of halogens is 3. The predicted molar refractivity (Wildman–Crippen MR) is 83.3 cm³/mol. The van der Waals surface area contributed by atoms with E-state index in [9.17, 15) is 13.2 Å². The van der Waals surface area contributed by atoms with Crippen LogP contribution in [0, 0.1) is 0 Å². The maximum atomic E-state index is 10.6. The molecule has 0 aliphatic carbocycles. The number of nitrogens with zero attached hydrogens (tertiary/aromatic N) is 4. The monoisotopic (exact) mass is 362 g/mol. The van der Waals surface area contributed by atoms with Crippen LogP contribution < -0.4 is 4.90 Å². The Kier molecular flexibility index (Phi) is 6.17. The minimum Gasteiger partial charge on any atom is -0.475 e. The van der Waals surface area contributed by atoms with E-state index >= 15 is 0 Å². The van der Waals surface area contributed by atoms with Crippen LogP contribution >= 0.6 is 0 Å². The molecule has 2 aliphatic heterocycles. The molecule has 7 nitrogen and oxygen atoms in total. The molecule has 1 aromatic rings. The highest BCUT2D eigenvalue weighted by molar-refractivity contribution is 5.73. The molecule has 0 aromatic carbocycles. The van der Waals surface area contributed by atoms with Crippen LogP contribution in [-0.4, -0.2) is 77.6 Å². The number of piperidine rings is 1. The lowest BCUT2D eigenvalue weighted by atomic mass is 9.89. The molecule has 2 aliphatic rings. The fourth-order valence-corrected chi connectivity index (χ4v) is 2.80. The van der Waals surface area contributed by atoms with Gasteiger partial charge in [0.05, 0.1) is 18.8 Å². The molecule has 1 aromatic heterocycles. The van der Waals surface area contributed by atoms with E-state index in [1.54, 1.807) is 12.4 Å². The molecule has 1 spiro atoms. The molecule has 0 saturated carbocycles. The van der Waals surface area contributed by atoms with E-state index in [4.69, 9.17) is 14.6 Å². The zero-order chi connectivity index (χ0) is 18.5. The van der Waals surface area contributed by atoms with Gasteiger partial charge in [-0.25, -0.2) is 14.8 Å². The Morgan fingerprint density at radius 3 is 2.32 bits per heavy atom. The average molecular weight is 362 g/mol. The number of aliphatic carboxylic acids is 1. The van der Waals surface area contributed by atoms with E-state index in [-0.39, 0.29) is 5.60 Å². The Morgan fingerprint density at radius 2 is 1.80 bits per heavy atom. The number of carboxylic acids is 1. The fraction of sp³-hybridized carbons (Fsp3) is 0.667. The van der Waals surface area contributed by atoms with Gasteiger partial charge in [-0.1, -0.05) is 0 Å². The van der Waals surface area contributed by atoms with Gasteiger partial charge in [0, 0.05) is 32.0 Å². The van der Waals surface area contributed by atoms with Gasteiger partial charge in [0.2, 0.25) is 5.95 Å². The van der Waals surface area contributed by atoms with Gasteiger partial charge in [0.1, 0.15) is 0 Å². The molecule has 0 radical (unpaired) electrons. The molecule has 25 heavy (non-hydrogen) atoms. The van der Waals surface area contributed by atoms with E-state index in [1.165, 1.54) is 0 Å². The summed E-state index contributed by atoms with van der Waals surface area (Å²) in [6.07, 6.45) is 0.734. The van der Waals surface area contributed by atoms with Gasteiger partial charge in [-0.15, -0.1) is 0 Å². The SMILES string of the molecule is CN1CCC2(CC1)CN(c1ncccn1)CCO2.O=C(O)C(F)(F)F. The second kappa shape index (κ2) is 7.96. The van der Waals surface area contributed by atoms with Crippen molar-refractivity contribution < 1.29 is 27.8 Å². The van der Waals surface area contributed by atoms with Crippen molar-refractivity contribution in [3.05, 3.63) is 18.5 Å². The number of ether oxygens (including phenoxy) is 1. The number of carbonyl (C=O) groups is 1. The van der Waals surface area contributed by atoms with Gasteiger partial charge in [0.25, 0.3) is 0 Å². The van der Waals surface area contributed by atoms with Crippen LogP contribution in [0.15, 0.2) is 18.5 Å². The largest absolute Gasteiger partial charge is 0.490 e. The van der Waals surface area contributed by atoms with Crippen molar-refractivity contribution in [1.82, 2.24) is 14.9 Å². The van der Waals surface area contributed by atoms with Gasteiger partial charge in [-0.05, 0) is 26.0 Å². The van der Waals surface area contributed by atoms with Crippen molar-refractivity contribution in [2.24, 2.45) is 0 Å². The summed E-state index contributed by atoms with van der Waals surface area (Å²) in [5.74, 6) is -1.92. The number of rotatable bonds is 1. The number of aromatic nitrogens is 2. The Hall–Kier alpha value is -1.94. The molecule has 2 saturated heterocycles. The summed E-state index contributed by atoms with van der Waals surface area (Å²) in [6.45, 7) is 4.82. The van der Waals surface area contributed by atoms with Gasteiger partial charge in [0.15, 0.2) is 0 Å². The topological polar surface area (TPSA) is 78.8 Å². The fourth-order valence-electron chi connectivity index (χ4n) is 2.80. The molecule has 3 rings (SSSR count). The first-order valence-corrected chi connectivity index (χ1v) is 7.86. The number of morpholine rings is 1. The van der Waals surface area contributed by atoms with E-state index in [2.05, 4.69) is 26.8 Å². The molecule has 0 unspecified atom stereocenters. The van der Waals surface area contributed by atoms with Crippen LogP contribution in [0.25, 0.3) is 0 Å².